The van der Waals surface area contributed by atoms with Crippen LogP contribution >= 0.6 is 0 Å². The molecule has 1 atom stereocenters. The van der Waals surface area contributed by atoms with Crippen molar-refractivity contribution in [3.8, 4) is 0 Å². The zero-order chi connectivity index (χ0) is 8.53. The molecule has 0 aromatic heterocycles. The van der Waals surface area contributed by atoms with Crippen molar-refractivity contribution in [1.29, 1.82) is 0 Å². The van der Waals surface area contributed by atoms with Crippen LogP contribution in [0.5, 0.6) is 0 Å². The Kier molecular flexibility index (Phi) is 7.96. The Morgan fingerprint density at radius 3 is 2.36 bits per heavy atom. The number of rotatable bonds is 7. The monoisotopic (exact) mass is 159 g/mol. The Labute approximate surface area is 69.8 Å². The van der Waals surface area contributed by atoms with E-state index in [1.807, 2.05) is 0 Å². The van der Waals surface area contributed by atoms with E-state index in [1.165, 1.54) is 19.3 Å². The molecule has 2 heteroatoms. The highest BCUT2D eigenvalue weighted by molar-refractivity contribution is 4.53. The first-order valence-electron chi connectivity index (χ1n) is 4.62. The van der Waals surface area contributed by atoms with E-state index in [1.54, 1.807) is 0 Å². The molecule has 0 aromatic rings. The smallest absolute Gasteiger partial charge is 0.0431 e. The summed E-state index contributed by atoms with van der Waals surface area (Å²) in [7, 11) is 0. The number of aliphatic hydroxyl groups is 1. The molecule has 0 radical (unpaired) electrons. The lowest BCUT2D eigenvalue weighted by molar-refractivity contribution is 0.282. The Morgan fingerprint density at radius 1 is 1.18 bits per heavy atom. The van der Waals surface area contributed by atoms with Crippen molar-refractivity contribution in [3.63, 3.8) is 0 Å². The van der Waals surface area contributed by atoms with Crippen LogP contribution in [-0.2, 0) is 0 Å². The molecule has 0 fully saturated rings. The van der Waals surface area contributed by atoms with Gasteiger partial charge in [0.15, 0.2) is 0 Å². The van der Waals surface area contributed by atoms with Crippen molar-refractivity contribution in [1.82, 2.24) is 0 Å². The van der Waals surface area contributed by atoms with E-state index in [-0.39, 0.29) is 0 Å². The summed E-state index contributed by atoms with van der Waals surface area (Å²) in [6, 6.07) is 0. The molecule has 0 bridgehead atoms. The molecule has 0 saturated carbocycles. The van der Waals surface area contributed by atoms with E-state index >= 15 is 0 Å². The Hall–Kier alpha value is -0.0800. The summed E-state index contributed by atoms with van der Waals surface area (Å²) < 4.78 is 0. The highest BCUT2D eigenvalue weighted by atomic mass is 16.2. The second kappa shape index (κ2) is 8.02. The van der Waals surface area contributed by atoms with Gasteiger partial charge in [0.1, 0.15) is 0 Å². The van der Waals surface area contributed by atoms with E-state index in [2.05, 4.69) is 6.92 Å². The van der Waals surface area contributed by atoms with Gasteiger partial charge in [0.05, 0.1) is 0 Å². The predicted molar refractivity (Wildman–Crippen MR) is 48.4 cm³/mol. The highest BCUT2D eigenvalue weighted by Gasteiger charge is 1.97. The summed E-state index contributed by atoms with van der Waals surface area (Å²) >= 11 is 0. The lowest BCUT2D eigenvalue weighted by Crippen LogP contribution is -2.10. The number of hydrogen-bond donors (Lipinski definition) is 2. The van der Waals surface area contributed by atoms with Crippen molar-refractivity contribution in [2.75, 3.05) is 13.2 Å². The van der Waals surface area contributed by atoms with E-state index < -0.39 is 0 Å². The van der Waals surface area contributed by atoms with Crippen LogP contribution < -0.4 is 5.73 Å². The van der Waals surface area contributed by atoms with E-state index in [0.717, 1.165) is 19.4 Å². The van der Waals surface area contributed by atoms with Crippen LogP contribution in [0, 0.1) is 5.92 Å². The second-order valence-corrected chi connectivity index (χ2v) is 3.27. The summed E-state index contributed by atoms with van der Waals surface area (Å²) in [5.41, 5.74) is 5.47. The van der Waals surface area contributed by atoms with Crippen molar-refractivity contribution in [3.05, 3.63) is 0 Å². The summed E-state index contributed by atoms with van der Waals surface area (Å²) in [5.74, 6) is 0.670. The largest absolute Gasteiger partial charge is 0.396 e. The van der Waals surface area contributed by atoms with Crippen LogP contribution in [0.4, 0.5) is 0 Å². The molecule has 0 amide bonds. The molecule has 0 aliphatic heterocycles. The Morgan fingerprint density at radius 2 is 1.82 bits per heavy atom. The molecule has 11 heavy (non-hydrogen) atoms. The lowest BCUT2D eigenvalue weighted by Gasteiger charge is -2.06. The molecule has 0 saturated heterocycles. The molecule has 0 aliphatic carbocycles. The van der Waals surface area contributed by atoms with Crippen LogP contribution in [0.1, 0.15) is 39.0 Å². The van der Waals surface area contributed by atoms with E-state index in [9.17, 15) is 0 Å². The van der Waals surface area contributed by atoms with Gasteiger partial charge in [0.25, 0.3) is 0 Å². The van der Waals surface area contributed by atoms with Gasteiger partial charge in [-0.2, -0.15) is 0 Å². The van der Waals surface area contributed by atoms with Crippen molar-refractivity contribution >= 4 is 0 Å². The van der Waals surface area contributed by atoms with E-state index in [0.29, 0.717) is 12.5 Å². The normalized spacial score (nSPS) is 13.4. The predicted octanol–water partition coefficient (Wildman–Crippen LogP) is 1.52. The maximum absolute atomic E-state index is 8.50. The van der Waals surface area contributed by atoms with Gasteiger partial charge in [0.2, 0.25) is 0 Å². The lowest BCUT2D eigenvalue weighted by atomic mass is 10.0. The average molecular weight is 159 g/mol. The minimum atomic E-state index is 0.340. The summed E-state index contributed by atoms with van der Waals surface area (Å²) in [4.78, 5) is 0. The van der Waals surface area contributed by atoms with Crippen molar-refractivity contribution in [2.45, 2.75) is 39.0 Å². The molecule has 0 heterocycles. The average Bonchev–Trinajstić information content (AvgIpc) is 2.04. The van der Waals surface area contributed by atoms with Gasteiger partial charge in [0, 0.05) is 6.61 Å². The standard InChI is InChI=1S/C9H21NO/c1-9(8-10)6-4-2-3-5-7-11/h9,11H,2-8,10H2,1H3. The fourth-order valence-corrected chi connectivity index (χ4v) is 1.08. The molecule has 0 aromatic carbocycles. The highest BCUT2D eigenvalue weighted by Crippen LogP contribution is 2.08. The minimum absolute atomic E-state index is 0.340. The Balaban J connectivity index is 2.89. The van der Waals surface area contributed by atoms with E-state index in [4.69, 9.17) is 10.8 Å². The van der Waals surface area contributed by atoms with Crippen LogP contribution in [-0.4, -0.2) is 18.3 Å². The van der Waals surface area contributed by atoms with Crippen LogP contribution in [0.25, 0.3) is 0 Å². The molecular formula is C9H21NO. The minimum Gasteiger partial charge on any atom is -0.396 e. The number of hydrogen-bond acceptors (Lipinski definition) is 2. The van der Waals surface area contributed by atoms with Gasteiger partial charge in [-0.15, -0.1) is 0 Å². The van der Waals surface area contributed by atoms with Crippen molar-refractivity contribution in [2.24, 2.45) is 11.7 Å². The number of unbranched alkanes of at least 4 members (excludes halogenated alkanes) is 3. The third-order valence-electron chi connectivity index (χ3n) is 2.01. The molecule has 3 N–H and O–H groups in total. The fraction of sp³-hybridized carbons (Fsp3) is 1.00. The van der Waals surface area contributed by atoms with Crippen molar-refractivity contribution < 1.29 is 5.11 Å². The van der Waals surface area contributed by atoms with Gasteiger partial charge < -0.3 is 10.8 Å². The Bertz CT molecular complexity index is 76.0. The molecule has 68 valence electrons. The topological polar surface area (TPSA) is 46.2 Å². The molecular weight excluding hydrogens is 138 g/mol. The first kappa shape index (κ1) is 10.9. The maximum Gasteiger partial charge on any atom is 0.0431 e. The third-order valence-corrected chi connectivity index (χ3v) is 2.01. The van der Waals surface area contributed by atoms with Gasteiger partial charge in [-0.1, -0.05) is 26.2 Å². The van der Waals surface area contributed by atoms with Gasteiger partial charge >= 0.3 is 0 Å². The summed E-state index contributed by atoms with van der Waals surface area (Å²) in [6.07, 6.45) is 5.86. The quantitative estimate of drug-likeness (QED) is 0.553. The fourth-order valence-electron chi connectivity index (χ4n) is 1.08. The SMILES string of the molecule is CC(CN)CCCCCCO. The molecule has 0 aliphatic rings. The third kappa shape index (κ3) is 7.82. The summed E-state index contributed by atoms with van der Waals surface area (Å²) in [5, 5.41) is 8.50. The zero-order valence-electron chi connectivity index (χ0n) is 7.55. The summed E-state index contributed by atoms with van der Waals surface area (Å²) in [6.45, 7) is 3.33. The molecule has 2 nitrogen and oxygen atoms in total. The van der Waals surface area contributed by atoms with Crippen LogP contribution in [0.3, 0.4) is 0 Å². The molecule has 0 spiro atoms. The number of nitrogens with two attached hydrogens (primary N) is 1. The first-order chi connectivity index (χ1) is 5.31. The van der Waals surface area contributed by atoms with Gasteiger partial charge in [-0.25, -0.2) is 0 Å². The first-order valence-corrected chi connectivity index (χ1v) is 4.62. The molecule has 0 rings (SSSR count). The van der Waals surface area contributed by atoms with Gasteiger partial charge in [-0.3, -0.25) is 0 Å². The van der Waals surface area contributed by atoms with Crippen LogP contribution in [0.15, 0.2) is 0 Å². The van der Waals surface area contributed by atoms with Gasteiger partial charge in [-0.05, 0) is 25.3 Å². The second-order valence-electron chi connectivity index (χ2n) is 3.27. The number of aliphatic hydroxyl groups excluding tert-OH is 1. The van der Waals surface area contributed by atoms with Crippen LogP contribution in [0.2, 0.25) is 0 Å². The molecule has 1 unspecified atom stereocenters. The maximum atomic E-state index is 8.50. The zero-order valence-corrected chi connectivity index (χ0v) is 7.55.